The fraction of sp³-hybridized carbons (Fsp3) is 0.786. The van der Waals surface area contributed by atoms with Gasteiger partial charge in [0, 0.05) is 70.7 Å². The maximum absolute atomic E-state index is 4.36. The molecule has 0 spiro atoms. The van der Waals surface area contributed by atoms with Gasteiger partial charge in [-0.3, -0.25) is 4.90 Å². The highest BCUT2D eigenvalue weighted by Crippen LogP contribution is 2.00. The van der Waals surface area contributed by atoms with Crippen molar-refractivity contribution in [3.8, 4) is 0 Å². The highest BCUT2D eigenvalue weighted by Gasteiger charge is 2.10. The summed E-state index contributed by atoms with van der Waals surface area (Å²) >= 11 is 0. The third kappa shape index (κ3) is 4.60. The second-order valence-corrected chi connectivity index (χ2v) is 5.30. The molecule has 0 aliphatic carbocycles. The minimum absolute atomic E-state index is 0.488. The van der Waals surface area contributed by atoms with Gasteiger partial charge in [0.2, 0.25) is 0 Å². The van der Waals surface area contributed by atoms with Crippen molar-refractivity contribution in [3.63, 3.8) is 0 Å². The fourth-order valence-corrected chi connectivity index (χ4v) is 2.58. The molecule has 1 atom stereocenters. The van der Waals surface area contributed by atoms with Crippen molar-refractivity contribution < 1.29 is 0 Å². The van der Waals surface area contributed by atoms with E-state index in [2.05, 4.69) is 45.1 Å². The van der Waals surface area contributed by atoms with E-state index in [1.807, 2.05) is 6.20 Å². The molecule has 0 aromatic carbocycles. The van der Waals surface area contributed by atoms with Crippen molar-refractivity contribution in [2.45, 2.75) is 32.9 Å². The van der Waals surface area contributed by atoms with Gasteiger partial charge in [-0.05, 0) is 6.92 Å². The van der Waals surface area contributed by atoms with Gasteiger partial charge < -0.3 is 15.2 Å². The molecule has 1 aromatic heterocycles. The molecule has 108 valence electrons. The Kier molecular flexibility index (Phi) is 5.82. The summed E-state index contributed by atoms with van der Waals surface area (Å²) in [6.45, 7) is 12.2. The first-order chi connectivity index (χ1) is 9.29. The molecule has 1 aliphatic rings. The van der Waals surface area contributed by atoms with E-state index in [0.717, 1.165) is 39.1 Å². The molecule has 1 saturated heterocycles. The number of rotatable bonds is 7. The number of aromatic nitrogens is 2. The van der Waals surface area contributed by atoms with Crippen LogP contribution >= 0.6 is 0 Å². The summed E-state index contributed by atoms with van der Waals surface area (Å²) in [6.07, 6.45) is 4.97. The molecule has 1 unspecified atom stereocenters. The van der Waals surface area contributed by atoms with Gasteiger partial charge in [-0.2, -0.15) is 0 Å². The van der Waals surface area contributed by atoms with E-state index >= 15 is 0 Å². The van der Waals surface area contributed by atoms with Crippen LogP contribution in [-0.4, -0.2) is 59.8 Å². The Morgan fingerprint density at radius 3 is 2.95 bits per heavy atom. The topological polar surface area (TPSA) is 45.1 Å². The van der Waals surface area contributed by atoms with Crippen LogP contribution in [0, 0.1) is 0 Å². The molecule has 2 heterocycles. The number of imidazole rings is 1. The number of nitrogens with zero attached hydrogens (tertiary/aromatic N) is 3. The van der Waals surface area contributed by atoms with E-state index < -0.39 is 0 Å². The molecule has 5 nitrogen and oxygen atoms in total. The van der Waals surface area contributed by atoms with E-state index in [4.69, 9.17) is 0 Å². The van der Waals surface area contributed by atoms with Crippen molar-refractivity contribution in [2.24, 2.45) is 0 Å². The van der Waals surface area contributed by atoms with Gasteiger partial charge >= 0.3 is 0 Å². The predicted octanol–water partition coefficient (Wildman–Crippen LogP) is 0.329. The Hall–Kier alpha value is -0.910. The van der Waals surface area contributed by atoms with Crippen molar-refractivity contribution in [2.75, 3.05) is 39.3 Å². The van der Waals surface area contributed by atoms with Gasteiger partial charge in [0.1, 0.15) is 5.82 Å². The van der Waals surface area contributed by atoms with Crippen LogP contribution in [0.15, 0.2) is 12.4 Å². The van der Waals surface area contributed by atoms with Gasteiger partial charge in [-0.25, -0.2) is 4.98 Å². The summed E-state index contributed by atoms with van der Waals surface area (Å²) in [6, 6.07) is 0.488. The molecule has 1 aromatic rings. The largest absolute Gasteiger partial charge is 0.333 e. The lowest BCUT2D eigenvalue weighted by Gasteiger charge is -2.27. The lowest BCUT2D eigenvalue weighted by Crippen LogP contribution is -2.46. The molecule has 0 radical (unpaired) electrons. The fourth-order valence-electron chi connectivity index (χ4n) is 2.58. The zero-order chi connectivity index (χ0) is 13.5. The third-order valence-corrected chi connectivity index (χ3v) is 3.72. The smallest absolute Gasteiger partial charge is 0.108 e. The number of piperazine rings is 1. The first kappa shape index (κ1) is 14.5. The Morgan fingerprint density at radius 2 is 2.21 bits per heavy atom. The molecule has 0 bridgehead atoms. The standard InChI is InChI=1S/C14H27N5/c1-3-14-17-7-11-19(14)12-13(2)16-6-10-18-8-4-15-5-9-18/h7,11,13,15-16H,3-6,8-10,12H2,1-2H3. The minimum Gasteiger partial charge on any atom is -0.333 e. The first-order valence-electron chi connectivity index (χ1n) is 7.46. The van der Waals surface area contributed by atoms with Crippen molar-refractivity contribution in [1.82, 2.24) is 25.1 Å². The number of aryl methyl sites for hydroxylation is 1. The van der Waals surface area contributed by atoms with Gasteiger partial charge in [-0.15, -0.1) is 0 Å². The Labute approximate surface area is 116 Å². The zero-order valence-corrected chi connectivity index (χ0v) is 12.2. The average molecular weight is 265 g/mol. The van der Waals surface area contributed by atoms with Crippen LogP contribution in [0.2, 0.25) is 0 Å². The highest BCUT2D eigenvalue weighted by atomic mass is 15.2. The third-order valence-electron chi connectivity index (χ3n) is 3.72. The molecular formula is C14H27N5. The summed E-state index contributed by atoms with van der Waals surface area (Å²) in [7, 11) is 0. The van der Waals surface area contributed by atoms with E-state index in [1.165, 1.54) is 18.9 Å². The summed E-state index contributed by atoms with van der Waals surface area (Å²) in [5.74, 6) is 1.18. The van der Waals surface area contributed by atoms with Gasteiger partial charge in [-0.1, -0.05) is 6.92 Å². The van der Waals surface area contributed by atoms with Crippen LogP contribution in [0.5, 0.6) is 0 Å². The molecule has 5 heteroatoms. The van der Waals surface area contributed by atoms with E-state index in [1.54, 1.807) is 0 Å². The Balaban J connectivity index is 1.65. The SMILES string of the molecule is CCc1nccn1CC(C)NCCN1CCNCC1. The highest BCUT2D eigenvalue weighted by molar-refractivity contribution is 4.92. The summed E-state index contributed by atoms with van der Waals surface area (Å²) in [5, 5.41) is 6.99. The van der Waals surface area contributed by atoms with Crippen molar-refractivity contribution in [1.29, 1.82) is 0 Å². The van der Waals surface area contributed by atoms with Crippen LogP contribution in [0.4, 0.5) is 0 Å². The Bertz CT molecular complexity index is 356. The van der Waals surface area contributed by atoms with Gasteiger partial charge in [0.15, 0.2) is 0 Å². The second kappa shape index (κ2) is 7.62. The van der Waals surface area contributed by atoms with E-state index in [9.17, 15) is 0 Å². The van der Waals surface area contributed by atoms with Crippen LogP contribution in [0.25, 0.3) is 0 Å². The quantitative estimate of drug-likeness (QED) is 0.746. The second-order valence-electron chi connectivity index (χ2n) is 5.30. The summed E-state index contributed by atoms with van der Waals surface area (Å²) < 4.78 is 2.25. The molecular weight excluding hydrogens is 238 g/mol. The van der Waals surface area contributed by atoms with E-state index in [0.29, 0.717) is 6.04 Å². The molecule has 2 N–H and O–H groups in total. The monoisotopic (exact) mass is 265 g/mol. The molecule has 2 rings (SSSR count). The first-order valence-corrected chi connectivity index (χ1v) is 7.46. The molecule has 0 amide bonds. The van der Waals surface area contributed by atoms with Crippen molar-refractivity contribution in [3.05, 3.63) is 18.2 Å². The zero-order valence-electron chi connectivity index (χ0n) is 12.2. The van der Waals surface area contributed by atoms with Crippen molar-refractivity contribution >= 4 is 0 Å². The number of hydrogen-bond donors (Lipinski definition) is 2. The Morgan fingerprint density at radius 1 is 1.42 bits per heavy atom. The lowest BCUT2D eigenvalue weighted by molar-refractivity contribution is 0.237. The molecule has 1 fully saturated rings. The molecule has 0 saturated carbocycles. The normalized spacial score (nSPS) is 18.6. The lowest BCUT2D eigenvalue weighted by atomic mass is 10.3. The maximum Gasteiger partial charge on any atom is 0.108 e. The number of nitrogens with one attached hydrogen (secondary N) is 2. The van der Waals surface area contributed by atoms with Crippen LogP contribution in [-0.2, 0) is 13.0 Å². The van der Waals surface area contributed by atoms with Gasteiger partial charge in [0.05, 0.1) is 0 Å². The summed E-state index contributed by atoms with van der Waals surface area (Å²) in [5.41, 5.74) is 0. The maximum atomic E-state index is 4.36. The summed E-state index contributed by atoms with van der Waals surface area (Å²) in [4.78, 5) is 6.88. The van der Waals surface area contributed by atoms with Crippen LogP contribution < -0.4 is 10.6 Å². The average Bonchev–Trinajstić information content (AvgIpc) is 2.87. The molecule has 19 heavy (non-hydrogen) atoms. The van der Waals surface area contributed by atoms with Crippen LogP contribution in [0.1, 0.15) is 19.7 Å². The van der Waals surface area contributed by atoms with E-state index in [-0.39, 0.29) is 0 Å². The van der Waals surface area contributed by atoms with Gasteiger partial charge in [0.25, 0.3) is 0 Å². The number of hydrogen-bond acceptors (Lipinski definition) is 4. The molecule has 1 aliphatic heterocycles. The predicted molar refractivity (Wildman–Crippen MR) is 78.4 cm³/mol. The van der Waals surface area contributed by atoms with Crippen LogP contribution in [0.3, 0.4) is 0 Å². The minimum atomic E-state index is 0.488.